The lowest BCUT2D eigenvalue weighted by atomic mass is 9.93. The van der Waals surface area contributed by atoms with Crippen LogP contribution in [0, 0.1) is 11.3 Å². The highest BCUT2D eigenvalue weighted by Crippen LogP contribution is 2.25. The molecule has 1 aliphatic heterocycles. The molecule has 0 atom stereocenters. The number of anilines is 1. The summed E-state index contributed by atoms with van der Waals surface area (Å²) in [7, 11) is 0. The van der Waals surface area contributed by atoms with Crippen LogP contribution in [-0.2, 0) is 0 Å². The highest BCUT2D eigenvalue weighted by Gasteiger charge is 2.27. The van der Waals surface area contributed by atoms with E-state index in [9.17, 15) is 5.11 Å². The SMILES string of the molecule is CC1(O)CCN(c2ccnc(C#N)c2)CC1. The summed E-state index contributed by atoms with van der Waals surface area (Å²) in [6.07, 6.45) is 3.18. The van der Waals surface area contributed by atoms with E-state index in [0.717, 1.165) is 31.6 Å². The Morgan fingerprint density at radius 3 is 2.81 bits per heavy atom. The largest absolute Gasteiger partial charge is 0.390 e. The Hall–Kier alpha value is -1.60. The van der Waals surface area contributed by atoms with Gasteiger partial charge in [0, 0.05) is 25.0 Å². The lowest BCUT2D eigenvalue weighted by Gasteiger charge is -2.37. The fraction of sp³-hybridized carbons (Fsp3) is 0.500. The Morgan fingerprint density at radius 2 is 2.19 bits per heavy atom. The Morgan fingerprint density at radius 1 is 1.50 bits per heavy atom. The third kappa shape index (κ3) is 2.31. The molecule has 1 N–H and O–H groups in total. The molecule has 0 aromatic carbocycles. The zero-order valence-electron chi connectivity index (χ0n) is 9.35. The van der Waals surface area contributed by atoms with Crippen LogP contribution in [-0.4, -0.2) is 28.8 Å². The molecule has 0 unspecified atom stereocenters. The van der Waals surface area contributed by atoms with Gasteiger partial charge >= 0.3 is 0 Å². The predicted octanol–water partition coefficient (Wildman–Crippen LogP) is 1.30. The number of pyridine rings is 1. The van der Waals surface area contributed by atoms with Gasteiger partial charge in [-0.3, -0.25) is 0 Å². The molecule has 0 aliphatic carbocycles. The van der Waals surface area contributed by atoms with E-state index in [-0.39, 0.29) is 0 Å². The zero-order chi connectivity index (χ0) is 11.6. The molecule has 0 amide bonds. The van der Waals surface area contributed by atoms with Gasteiger partial charge in [-0.2, -0.15) is 5.26 Å². The number of hydrogen-bond donors (Lipinski definition) is 1. The Balaban J connectivity index is 2.11. The number of hydrogen-bond acceptors (Lipinski definition) is 4. The highest BCUT2D eigenvalue weighted by atomic mass is 16.3. The topological polar surface area (TPSA) is 60.1 Å². The van der Waals surface area contributed by atoms with Crippen molar-refractivity contribution in [3.8, 4) is 6.07 Å². The van der Waals surface area contributed by atoms with Gasteiger partial charge in [0.15, 0.2) is 0 Å². The average molecular weight is 217 g/mol. The van der Waals surface area contributed by atoms with Crippen molar-refractivity contribution in [1.82, 2.24) is 4.98 Å². The van der Waals surface area contributed by atoms with Crippen molar-refractivity contribution in [2.24, 2.45) is 0 Å². The number of aliphatic hydroxyl groups is 1. The molecule has 0 saturated carbocycles. The average Bonchev–Trinajstić information content (AvgIpc) is 2.29. The fourth-order valence-corrected chi connectivity index (χ4v) is 1.92. The minimum Gasteiger partial charge on any atom is -0.390 e. The summed E-state index contributed by atoms with van der Waals surface area (Å²) in [5.74, 6) is 0. The van der Waals surface area contributed by atoms with Crippen molar-refractivity contribution in [3.05, 3.63) is 24.0 Å². The first-order valence-corrected chi connectivity index (χ1v) is 5.44. The van der Waals surface area contributed by atoms with Gasteiger partial charge < -0.3 is 10.0 Å². The highest BCUT2D eigenvalue weighted by molar-refractivity contribution is 5.49. The van der Waals surface area contributed by atoms with Gasteiger partial charge in [-0.05, 0) is 31.9 Å². The Bertz CT molecular complexity index is 413. The van der Waals surface area contributed by atoms with Crippen molar-refractivity contribution in [1.29, 1.82) is 5.26 Å². The minimum absolute atomic E-state index is 0.440. The van der Waals surface area contributed by atoms with Crippen molar-refractivity contribution in [3.63, 3.8) is 0 Å². The molecule has 0 bridgehead atoms. The zero-order valence-corrected chi connectivity index (χ0v) is 9.35. The molecule has 1 saturated heterocycles. The van der Waals surface area contributed by atoms with E-state index in [0.29, 0.717) is 5.69 Å². The standard InChI is InChI=1S/C12H15N3O/c1-12(16)3-6-15(7-4-12)11-2-5-14-10(8-11)9-13/h2,5,8,16H,3-4,6-7H2,1H3. The molecular formula is C12H15N3O. The molecule has 1 fully saturated rings. The van der Waals surface area contributed by atoms with Crippen LogP contribution in [0.25, 0.3) is 0 Å². The summed E-state index contributed by atoms with van der Waals surface area (Å²) in [5, 5.41) is 18.6. The third-order valence-electron chi connectivity index (χ3n) is 3.06. The van der Waals surface area contributed by atoms with Crippen LogP contribution < -0.4 is 4.90 Å². The molecule has 4 nitrogen and oxygen atoms in total. The molecule has 0 spiro atoms. The van der Waals surface area contributed by atoms with E-state index in [1.807, 2.05) is 19.1 Å². The lowest BCUT2D eigenvalue weighted by molar-refractivity contribution is 0.0351. The van der Waals surface area contributed by atoms with Crippen LogP contribution in [0.15, 0.2) is 18.3 Å². The first-order valence-electron chi connectivity index (χ1n) is 5.44. The number of rotatable bonds is 1. The second-order valence-electron chi connectivity index (χ2n) is 4.50. The van der Waals surface area contributed by atoms with Crippen LogP contribution in [0.3, 0.4) is 0 Å². The maximum Gasteiger partial charge on any atom is 0.142 e. The van der Waals surface area contributed by atoms with Gasteiger partial charge in [-0.15, -0.1) is 0 Å². The number of piperidine rings is 1. The summed E-state index contributed by atoms with van der Waals surface area (Å²) in [4.78, 5) is 6.13. The summed E-state index contributed by atoms with van der Waals surface area (Å²) < 4.78 is 0. The van der Waals surface area contributed by atoms with E-state index in [2.05, 4.69) is 9.88 Å². The molecule has 0 radical (unpaired) electrons. The quantitative estimate of drug-likeness (QED) is 0.770. The van der Waals surface area contributed by atoms with Gasteiger partial charge in [0.2, 0.25) is 0 Å². The fourth-order valence-electron chi connectivity index (χ4n) is 1.92. The van der Waals surface area contributed by atoms with Gasteiger partial charge in [-0.1, -0.05) is 0 Å². The van der Waals surface area contributed by atoms with E-state index in [4.69, 9.17) is 5.26 Å². The van der Waals surface area contributed by atoms with E-state index in [1.165, 1.54) is 0 Å². The number of aromatic nitrogens is 1. The van der Waals surface area contributed by atoms with Crippen molar-refractivity contribution in [2.45, 2.75) is 25.4 Å². The summed E-state index contributed by atoms with van der Waals surface area (Å²) in [5.41, 5.74) is 0.915. The summed E-state index contributed by atoms with van der Waals surface area (Å²) in [6.45, 7) is 3.52. The number of nitriles is 1. The smallest absolute Gasteiger partial charge is 0.142 e. The van der Waals surface area contributed by atoms with Crippen LogP contribution in [0.1, 0.15) is 25.5 Å². The molecule has 4 heteroatoms. The van der Waals surface area contributed by atoms with Crippen molar-refractivity contribution in [2.75, 3.05) is 18.0 Å². The molecule has 2 heterocycles. The monoisotopic (exact) mass is 217 g/mol. The van der Waals surface area contributed by atoms with Crippen LogP contribution in [0.2, 0.25) is 0 Å². The van der Waals surface area contributed by atoms with Crippen molar-refractivity contribution >= 4 is 5.69 Å². The van der Waals surface area contributed by atoms with Crippen LogP contribution >= 0.6 is 0 Å². The van der Waals surface area contributed by atoms with Crippen molar-refractivity contribution < 1.29 is 5.11 Å². The first-order chi connectivity index (χ1) is 7.61. The van der Waals surface area contributed by atoms with Gasteiger partial charge in [0.05, 0.1) is 5.60 Å². The molecular weight excluding hydrogens is 202 g/mol. The maximum atomic E-state index is 9.85. The normalized spacial score (nSPS) is 19.2. The molecule has 84 valence electrons. The van der Waals surface area contributed by atoms with Crippen LogP contribution in [0.4, 0.5) is 5.69 Å². The minimum atomic E-state index is -0.540. The Labute approximate surface area is 95.1 Å². The van der Waals surface area contributed by atoms with E-state index in [1.54, 1.807) is 12.3 Å². The van der Waals surface area contributed by atoms with E-state index < -0.39 is 5.60 Å². The van der Waals surface area contributed by atoms with Gasteiger partial charge in [0.1, 0.15) is 11.8 Å². The van der Waals surface area contributed by atoms with Crippen LogP contribution in [0.5, 0.6) is 0 Å². The molecule has 2 rings (SSSR count). The molecule has 1 aliphatic rings. The molecule has 16 heavy (non-hydrogen) atoms. The number of nitrogens with zero attached hydrogens (tertiary/aromatic N) is 3. The maximum absolute atomic E-state index is 9.85. The summed E-state index contributed by atoms with van der Waals surface area (Å²) >= 11 is 0. The molecule has 1 aromatic heterocycles. The first kappa shape index (κ1) is 10.9. The summed E-state index contributed by atoms with van der Waals surface area (Å²) in [6, 6.07) is 5.73. The van der Waals surface area contributed by atoms with Gasteiger partial charge in [-0.25, -0.2) is 4.98 Å². The Kier molecular flexibility index (Phi) is 2.80. The predicted molar refractivity (Wildman–Crippen MR) is 61.0 cm³/mol. The molecule has 1 aromatic rings. The van der Waals surface area contributed by atoms with E-state index >= 15 is 0 Å². The third-order valence-corrected chi connectivity index (χ3v) is 3.06. The second-order valence-corrected chi connectivity index (χ2v) is 4.50. The lowest BCUT2D eigenvalue weighted by Crippen LogP contribution is -2.42. The second kappa shape index (κ2) is 4.11. The van der Waals surface area contributed by atoms with Gasteiger partial charge in [0.25, 0.3) is 0 Å².